The maximum absolute atomic E-state index is 11.8. The predicted octanol–water partition coefficient (Wildman–Crippen LogP) is 1.88. The fourth-order valence-electron chi connectivity index (χ4n) is 2.04. The summed E-state index contributed by atoms with van der Waals surface area (Å²) in [6.07, 6.45) is 4.93. The van der Waals surface area contributed by atoms with E-state index in [4.69, 9.17) is 5.73 Å². The van der Waals surface area contributed by atoms with Crippen LogP contribution in [0, 0.1) is 0 Å². The zero-order valence-corrected chi connectivity index (χ0v) is 14.7. The van der Waals surface area contributed by atoms with Crippen LogP contribution in [0.25, 0.3) is 0 Å². The lowest BCUT2D eigenvalue weighted by atomic mass is 10.2. The van der Waals surface area contributed by atoms with Crippen LogP contribution in [0.3, 0.4) is 0 Å². The number of aliphatic imine (C=N–C) groups is 1. The van der Waals surface area contributed by atoms with E-state index in [-0.39, 0.29) is 24.0 Å². The molecule has 0 unspecified atom stereocenters. The van der Waals surface area contributed by atoms with Crippen molar-refractivity contribution in [2.45, 2.75) is 39.0 Å². The Hall–Kier alpha value is -0.790. The summed E-state index contributed by atoms with van der Waals surface area (Å²) >= 11 is 0. The first-order valence-corrected chi connectivity index (χ1v) is 7.05. The van der Waals surface area contributed by atoms with E-state index in [0.717, 1.165) is 44.5 Å². The summed E-state index contributed by atoms with van der Waals surface area (Å²) in [6.45, 7) is 8.70. The van der Waals surface area contributed by atoms with Crippen LogP contribution < -0.4 is 11.1 Å². The van der Waals surface area contributed by atoms with Gasteiger partial charge in [-0.3, -0.25) is 4.79 Å². The Bertz CT molecular complexity index is 344. The van der Waals surface area contributed by atoms with Gasteiger partial charge in [0.2, 0.25) is 5.91 Å². The molecule has 0 aromatic rings. The molecule has 0 saturated carbocycles. The monoisotopic (exact) mass is 394 g/mol. The van der Waals surface area contributed by atoms with E-state index in [1.54, 1.807) is 0 Å². The third-order valence-corrected chi connectivity index (χ3v) is 3.10. The van der Waals surface area contributed by atoms with Crippen molar-refractivity contribution in [1.82, 2.24) is 10.2 Å². The maximum Gasteiger partial charge on any atom is 0.222 e. The number of nitrogens with zero attached hydrogens (tertiary/aromatic N) is 2. The Labute approximate surface area is 139 Å². The second kappa shape index (κ2) is 10.9. The number of carbonyl (C=O) groups excluding carboxylic acids is 1. The Morgan fingerprint density at radius 2 is 2.20 bits per heavy atom. The lowest BCUT2D eigenvalue weighted by molar-refractivity contribution is -0.130. The highest BCUT2D eigenvalue weighted by atomic mass is 127. The summed E-state index contributed by atoms with van der Waals surface area (Å²) in [6, 6.07) is 0. The number of nitrogens with two attached hydrogens (primary N) is 1. The van der Waals surface area contributed by atoms with Crippen LogP contribution in [0.15, 0.2) is 17.1 Å². The first-order valence-electron chi connectivity index (χ1n) is 7.05. The van der Waals surface area contributed by atoms with Crippen molar-refractivity contribution in [2.75, 3.05) is 26.2 Å². The van der Waals surface area contributed by atoms with Crippen LogP contribution in [-0.4, -0.2) is 42.9 Å². The normalized spacial score (nSPS) is 16.4. The SMILES string of the molecule is C=C(C)CN=C(N)NCCCN1CCCCCC1=O.I. The van der Waals surface area contributed by atoms with Gasteiger partial charge in [-0.05, 0) is 26.2 Å². The van der Waals surface area contributed by atoms with E-state index in [1.165, 1.54) is 6.42 Å². The maximum atomic E-state index is 11.8. The average Bonchev–Trinajstić information content (AvgIpc) is 2.57. The molecule has 1 amide bonds. The van der Waals surface area contributed by atoms with Gasteiger partial charge in [0.25, 0.3) is 0 Å². The molecule has 0 aromatic heterocycles. The lowest BCUT2D eigenvalue weighted by Crippen LogP contribution is -2.36. The van der Waals surface area contributed by atoms with Gasteiger partial charge < -0.3 is 16.0 Å². The molecule has 0 atom stereocenters. The Balaban J connectivity index is 0.00000361. The van der Waals surface area contributed by atoms with Crippen molar-refractivity contribution in [3.05, 3.63) is 12.2 Å². The number of hydrogen-bond donors (Lipinski definition) is 2. The fourth-order valence-corrected chi connectivity index (χ4v) is 2.04. The topological polar surface area (TPSA) is 70.7 Å². The van der Waals surface area contributed by atoms with Gasteiger partial charge in [0.1, 0.15) is 0 Å². The van der Waals surface area contributed by atoms with Gasteiger partial charge in [-0.15, -0.1) is 24.0 Å². The first kappa shape index (κ1) is 19.2. The molecule has 0 radical (unpaired) electrons. The molecular weight excluding hydrogens is 367 g/mol. The molecule has 1 heterocycles. The zero-order valence-electron chi connectivity index (χ0n) is 12.4. The molecule has 116 valence electrons. The van der Waals surface area contributed by atoms with Crippen LogP contribution in [0.4, 0.5) is 0 Å². The van der Waals surface area contributed by atoms with Crippen molar-refractivity contribution in [1.29, 1.82) is 0 Å². The summed E-state index contributed by atoms with van der Waals surface area (Å²) in [7, 11) is 0. The minimum atomic E-state index is 0. The van der Waals surface area contributed by atoms with E-state index in [9.17, 15) is 4.79 Å². The van der Waals surface area contributed by atoms with Gasteiger partial charge in [-0.2, -0.15) is 0 Å². The molecule has 0 aliphatic carbocycles. The van der Waals surface area contributed by atoms with Crippen molar-refractivity contribution in [2.24, 2.45) is 10.7 Å². The number of likely N-dealkylation sites (tertiary alicyclic amines) is 1. The van der Waals surface area contributed by atoms with Gasteiger partial charge >= 0.3 is 0 Å². The highest BCUT2D eigenvalue weighted by molar-refractivity contribution is 14.0. The number of hydrogen-bond acceptors (Lipinski definition) is 2. The molecule has 0 bridgehead atoms. The third kappa shape index (κ3) is 8.39. The first-order chi connectivity index (χ1) is 9.09. The molecule has 5 nitrogen and oxygen atoms in total. The molecule has 6 heteroatoms. The van der Waals surface area contributed by atoms with Crippen LogP contribution in [0.1, 0.15) is 39.0 Å². The zero-order chi connectivity index (χ0) is 14.1. The highest BCUT2D eigenvalue weighted by Crippen LogP contribution is 2.10. The molecule has 0 aromatic carbocycles. The van der Waals surface area contributed by atoms with Gasteiger partial charge in [0, 0.05) is 26.1 Å². The fraction of sp³-hybridized carbons (Fsp3) is 0.714. The van der Waals surface area contributed by atoms with Crippen LogP contribution >= 0.6 is 24.0 Å². The van der Waals surface area contributed by atoms with Crippen molar-refractivity contribution < 1.29 is 4.79 Å². The standard InChI is InChI=1S/C14H26N4O.HI/c1-12(2)11-17-14(15)16-8-6-10-18-9-5-3-4-7-13(18)19;/h1,3-11H2,2H3,(H3,15,16,17);1H. The summed E-state index contributed by atoms with van der Waals surface area (Å²) in [5.74, 6) is 0.742. The van der Waals surface area contributed by atoms with Crippen molar-refractivity contribution in [3.63, 3.8) is 0 Å². The number of carbonyl (C=O) groups is 1. The molecular formula is C14H27IN4O. The smallest absolute Gasteiger partial charge is 0.222 e. The lowest BCUT2D eigenvalue weighted by Gasteiger charge is -2.20. The van der Waals surface area contributed by atoms with Crippen molar-refractivity contribution >= 4 is 35.8 Å². The van der Waals surface area contributed by atoms with Crippen molar-refractivity contribution in [3.8, 4) is 0 Å². The molecule has 1 rings (SSSR count). The summed E-state index contributed by atoms with van der Waals surface area (Å²) in [5.41, 5.74) is 6.70. The molecule has 0 spiro atoms. The number of rotatable bonds is 6. The van der Waals surface area contributed by atoms with E-state index in [2.05, 4.69) is 16.9 Å². The largest absolute Gasteiger partial charge is 0.370 e. The van der Waals surface area contributed by atoms with Gasteiger partial charge in [0.05, 0.1) is 6.54 Å². The van der Waals surface area contributed by atoms with Crippen LogP contribution in [-0.2, 0) is 4.79 Å². The summed E-state index contributed by atoms with van der Waals surface area (Å²) in [5, 5.41) is 3.06. The number of amides is 1. The molecule has 1 saturated heterocycles. The number of guanidine groups is 1. The summed E-state index contributed by atoms with van der Waals surface area (Å²) < 4.78 is 0. The van der Waals surface area contributed by atoms with Gasteiger partial charge in [-0.1, -0.05) is 18.6 Å². The molecule has 1 aliphatic rings. The third-order valence-electron chi connectivity index (χ3n) is 3.10. The quantitative estimate of drug-likeness (QED) is 0.238. The van der Waals surface area contributed by atoms with Gasteiger partial charge in [0.15, 0.2) is 5.96 Å². The van der Waals surface area contributed by atoms with E-state index < -0.39 is 0 Å². The molecule has 1 fully saturated rings. The van der Waals surface area contributed by atoms with E-state index in [1.807, 2.05) is 11.8 Å². The Kier molecular flexibility index (Phi) is 10.5. The minimum absolute atomic E-state index is 0. The van der Waals surface area contributed by atoms with E-state index in [0.29, 0.717) is 24.8 Å². The Morgan fingerprint density at radius 3 is 2.90 bits per heavy atom. The predicted molar refractivity (Wildman–Crippen MR) is 94.4 cm³/mol. The van der Waals surface area contributed by atoms with Gasteiger partial charge in [-0.25, -0.2) is 4.99 Å². The minimum Gasteiger partial charge on any atom is -0.370 e. The molecule has 20 heavy (non-hydrogen) atoms. The number of nitrogens with one attached hydrogen (secondary N) is 1. The van der Waals surface area contributed by atoms with E-state index >= 15 is 0 Å². The van der Waals surface area contributed by atoms with Crippen LogP contribution in [0.2, 0.25) is 0 Å². The molecule has 3 N–H and O–H groups in total. The molecule has 1 aliphatic heterocycles. The number of halogens is 1. The average molecular weight is 394 g/mol. The second-order valence-corrected chi connectivity index (χ2v) is 5.13. The summed E-state index contributed by atoms with van der Waals surface area (Å²) in [4.78, 5) is 17.9. The Morgan fingerprint density at radius 1 is 1.45 bits per heavy atom. The second-order valence-electron chi connectivity index (χ2n) is 5.13. The highest BCUT2D eigenvalue weighted by Gasteiger charge is 2.15. The van der Waals surface area contributed by atoms with Crippen LogP contribution in [0.5, 0.6) is 0 Å².